The Hall–Kier alpha value is -2.08. The third-order valence-electron chi connectivity index (χ3n) is 5.74. The SMILES string of the molecule is C1=CC2(c3ccccc3)C3C=C(c4ccccc4)C1CC32. The Morgan fingerprint density at radius 2 is 1.57 bits per heavy atom. The van der Waals surface area contributed by atoms with Gasteiger partial charge in [0.05, 0.1) is 0 Å². The molecule has 4 unspecified atom stereocenters. The molecule has 0 aliphatic heterocycles. The average molecular weight is 270 g/mol. The van der Waals surface area contributed by atoms with Crippen LogP contribution < -0.4 is 0 Å². The molecule has 0 nitrogen and oxygen atoms in total. The molecule has 0 spiro atoms. The fourth-order valence-corrected chi connectivity index (χ4v) is 4.69. The van der Waals surface area contributed by atoms with Crippen molar-refractivity contribution in [2.45, 2.75) is 11.8 Å². The van der Waals surface area contributed by atoms with E-state index >= 15 is 0 Å². The Labute approximate surface area is 125 Å². The molecule has 5 rings (SSSR count). The number of fused-ring (bicyclic) bond motifs is 2. The van der Waals surface area contributed by atoms with Gasteiger partial charge < -0.3 is 0 Å². The van der Waals surface area contributed by atoms with Gasteiger partial charge in [0, 0.05) is 11.3 Å². The molecule has 102 valence electrons. The van der Waals surface area contributed by atoms with Gasteiger partial charge in [0.1, 0.15) is 0 Å². The third-order valence-corrected chi connectivity index (χ3v) is 5.74. The van der Waals surface area contributed by atoms with Crippen LogP contribution in [0.15, 0.2) is 78.9 Å². The molecule has 4 atom stereocenters. The van der Waals surface area contributed by atoms with Crippen molar-refractivity contribution in [1.82, 2.24) is 0 Å². The molecule has 1 saturated carbocycles. The first-order chi connectivity index (χ1) is 10.4. The second kappa shape index (κ2) is 3.98. The predicted octanol–water partition coefficient (Wildman–Crippen LogP) is 4.84. The van der Waals surface area contributed by atoms with E-state index in [1.54, 1.807) is 5.57 Å². The Kier molecular flexibility index (Phi) is 2.19. The van der Waals surface area contributed by atoms with Gasteiger partial charge in [0.2, 0.25) is 0 Å². The van der Waals surface area contributed by atoms with E-state index in [0.717, 1.165) is 5.92 Å². The molecule has 0 heteroatoms. The lowest BCUT2D eigenvalue weighted by Crippen LogP contribution is -2.14. The van der Waals surface area contributed by atoms with Crippen molar-refractivity contribution in [3.8, 4) is 0 Å². The van der Waals surface area contributed by atoms with Crippen molar-refractivity contribution in [1.29, 1.82) is 0 Å². The van der Waals surface area contributed by atoms with E-state index in [1.807, 2.05) is 0 Å². The topological polar surface area (TPSA) is 0 Å². The summed E-state index contributed by atoms with van der Waals surface area (Å²) >= 11 is 0. The minimum atomic E-state index is 0.300. The third kappa shape index (κ3) is 1.45. The summed E-state index contributed by atoms with van der Waals surface area (Å²) in [6, 6.07) is 22.0. The monoisotopic (exact) mass is 270 g/mol. The molecule has 0 amide bonds. The molecule has 0 N–H and O–H groups in total. The standard InChI is InChI=1S/C21H18/c1-3-7-15(8-4-1)18-14-20-19-13-16(18)11-12-21(19,20)17-9-5-2-6-10-17/h1-12,14,16,19-20H,13H2. The van der Waals surface area contributed by atoms with Crippen molar-refractivity contribution in [2.24, 2.45) is 17.8 Å². The first kappa shape index (κ1) is 11.6. The van der Waals surface area contributed by atoms with E-state index in [9.17, 15) is 0 Å². The maximum Gasteiger partial charge on any atom is 0.0233 e. The average Bonchev–Trinajstić information content (AvgIpc) is 3.28. The van der Waals surface area contributed by atoms with Crippen LogP contribution in [-0.2, 0) is 5.41 Å². The zero-order valence-corrected chi connectivity index (χ0v) is 11.9. The van der Waals surface area contributed by atoms with Crippen LogP contribution in [0, 0.1) is 17.8 Å². The highest BCUT2D eigenvalue weighted by Crippen LogP contribution is 2.70. The van der Waals surface area contributed by atoms with E-state index in [4.69, 9.17) is 0 Å². The van der Waals surface area contributed by atoms with E-state index in [2.05, 4.69) is 78.9 Å². The summed E-state index contributed by atoms with van der Waals surface area (Å²) in [5.41, 5.74) is 4.75. The highest BCUT2D eigenvalue weighted by Gasteiger charge is 2.65. The summed E-state index contributed by atoms with van der Waals surface area (Å²) in [4.78, 5) is 0. The molecule has 21 heavy (non-hydrogen) atoms. The first-order valence-electron chi connectivity index (χ1n) is 7.91. The number of hydrogen-bond acceptors (Lipinski definition) is 0. The minimum Gasteiger partial charge on any atom is -0.0801 e. The molecular weight excluding hydrogens is 252 g/mol. The van der Waals surface area contributed by atoms with Gasteiger partial charge in [-0.2, -0.15) is 0 Å². The van der Waals surface area contributed by atoms with Gasteiger partial charge >= 0.3 is 0 Å². The largest absolute Gasteiger partial charge is 0.0801 e. The molecule has 2 aromatic rings. The lowest BCUT2D eigenvalue weighted by molar-refractivity contribution is 0.559. The van der Waals surface area contributed by atoms with Gasteiger partial charge in [-0.25, -0.2) is 0 Å². The minimum absolute atomic E-state index is 0.300. The van der Waals surface area contributed by atoms with Gasteiger partial charge in [-0.1, -0.05) is 78.9 Å². The Morgan fingerprint density at radius 3 is 2.33 bits per heavy atom. The highest BCUT2D eigenvalue weighted by atomic mass is 14.7. The van der Waals surface area contributed by atoms with Crippen molar-refractivity contribution in [3.63, 3.8) is 0 Å². The van der Waals surface area contributed by atoms with Crippen molar-refractivity contribution in [2.75, 3.05) is 0 Å². The molecule has 0 heterocycles. The number of allylic oxidation sites excluding steroid dienone is 4. The van der Waals surface area contributed by atoms with E-state index in [1.165, 1.54) is 17.5 Å². The van der Waals surface area contributed by atoms with Crippen LogP contribution >= 0.6 is 0 Å². The predicted molar refractivity (Wildman–Crippen MR) is 86.8 cm³/mol. The van der Waals surface area contributed by atoms with E-state index in [-0.39, 0.29) is 0 Å². The molecule has 0 aromatic heterocycles. The van der Waals surface area contributed by atoms with Crippen LogP contribution in [0.2, 0.25) is 0 Å². The maximum atomic E-state index is 2.57. The Morgan fingerprint density at radius 1 is 0.857 bits per heavy atom. The molecule has 0 saturated heterocycles. The van der Waals surface area contributed by atoms with Crippen LogP contribution in [0.4, 0.5) is 0 Å². The highest BCUT2D eigenvalue weighted by molar-refractivity contribution is 5.74. The number of benzene rings is 2. The first-order valence-corrected chi connectivity index (χ1v) is 7.91. The van der Waals surface area contributed by atoms with Crippen LogP contribution in [0.5, 0.6) is 0 Å². The second-order valence-corrected chi connectivity index (χ2v) is 6.62. The smallest absolute Gasteiger partial charge is 0.0233 e. The van der Waals surface area contributed by atoms with Crippen molar-refractivity contribution < 1.29 is 0 Å². The number of hydrogen-bond donors (Lipinski definition) is 0. The fourth-order valence-electron chi connectivity index (χ4n) is 4.69. The van der Waals surface area contributed by atoms with Gasteiger partial charge in [-0.3, -0.25) is 0 Å². The molecule has 3 aliphatic rings. The van der Waals surface area contributed by atoms with Gasteiger partial charge in [0.25, 0.3) is 0 Å². The van der Waals surface area contributed by atoms with Crippen LogP contribution in [-0.4, -0.2) is 0 Å². The van der Waals surface area contributed by atoms with Crippen molar-refractivity contribution >= 4 is 5.57 Å². The number of rotatable bonds is 2. The van der Waals surface area contributed by atoms with Gasteiger partial charge in [-0.15, -0.1) is 0 Å². The molecule has 1 fully saturated rings. The fraction of sp³-hybridized carbons (Fsp3) is 0.238. The summed E-state index contributed by atoms with van der Waals surface area (Å²) in [6.45, 7) is 0. The maximum absolute atomic E-state index is 2.57. The second-order valence-electron chi connectivity index (χ2n) is 6.62. The van der Waals surface area contributed by atoms with E-state index in [0.29, 0.717) is 17.3 Å². The summed E-state index contributed by atoms with van der Waals surface area (Å²) in [6.07, 6.45) is 8.87. The molecule has 2 aromatic carbocycles. The summed E-state index contributed by atoms with van der Waals surface area (Å²) in [5, 5.41) is 0. The van der Waals surface area contributed by atoms with Crippen LogP contribution in [0.25, 0.3) is 5.57 Å². The van der Waals surface area contributed by atoms with Crippen LogP contribution in [0.1, 0.15) is 17.5 Å². The molecule has 3 aliphatic carbocycles. The zero-order valence-electron chi connectivity index (χ0n) is 11.9. The lowest BCUT2D eigenvalue weighted by atomic mass is 9.80. The summed E-state index contributed by atoms with van der Waals surface area (Å²) in [7, 11) is 0. The van der Waals surface area contributed by atoms with Gasteiger partial charge in [-0.05, 0) is 35.0 Å². The summed E-state index contributed by atoms with van der Waals surface area (Å²) < 4.78 is 0. The molecule has 2 bridgehead atoms. The molecular formula is C21H18. The Bertz CT molecular complexity index is 738. The lowest BCUT2D eigenvalue weighted by Gasteiger charge is -2.24. The zero-order chi connectivity index (χ0) is 13.9. The quantitative estimate of drug-likeness (QED) is 0.685. The molecule has 0 radical (unpaired) electrons. The van der Waals surface area contributed by atoms with E-state index < -0.39 is 0 Å². The summed E-state index contributed by atoms with van der Waals surface area (Å²) in [5.74, 6) is 2.14. The van der Waals surface area contributed by atoms with Crippen LogP contribution in [0.3, 0.4) is 0 Å². The van der Waals surface area contributed by atoms with Gasteiger partial charge in [0.15, 0.2) is 0 Å². The van der Waals surface area contributed by atoms with Crippen molar-refractivity contribution in [3.05, 3.63) is 90.0 Å². The Balaban J connectivity index is 1.62. The normalized spacial score (nSPS) is 35.2.